The summed E-state index contributed by atoms with van der Waals surface area (Å²) >= 11 is 0. The summed E-state index contributed by atoms with van der Waals surface area (Å²) in [6.07, 6.45) is 0. The standard InChI is InChI=1S/C15H10FN3O6/c1-25-15(24)5-2-8(9(20)4-7(5)16)19-10(21)3-6-11(12(19)17)14(23)18-13(6)22/h2-4,20H,17H2,1H3,(H,18,22,23). The Kier molecular flexibility index (Phi) is 3.52. The van der Waals surface area contributed by atoms with Gasteiger partial charge in [0.2, 0.25) is 0 Å². The summed E-state index contributed by atoms with van der Waals surface area (Å²) in [5, 5.41) is 11.9. The third-order valence-corrected chi connectivity index (χ3v) is 3.66. The van der Waals surface area contributed by atoms with E-state index in [0.717, 1.165) is 19.2 Å². The normalized spacial score (nSPS) is 12.7. The van der Waals surface area contributed by atoms with E-state index in [9.17, 15) is 28.7 Å². The first-order valence-electron chi connectivity index (χ1n) is 6.78. The van der Waals surface area contributed by atoms with Gasteiger partial charge in [0.1, 0.15) is 17.4 Å². The fourth-order valence-electron chi connectivity index (χ4n) is 2.52. The molecular weight excluding hydrogens is 337 g/mol. The number of phenols is 1. The number of amides is 2. The van der Waals surface area contributed by atoms with Crippen LogP contribution in [0.3, 0.4) is 0 Å². The summed E-state index contributed by atoms with van der Waals surface area (Å²) in [6, 6.07) is 2.31. The molecule has 2 heterocycles. The lowest BCUT2D eigenvalue weighted by atomic mass is 10.1. The van der Waals surface area contributed by atoms with Crippen LogP contribution < -0.4 is 16.6 Å². The Balaban J connectivity index is 2.34. The van der Waals surface area contributed by atoms with Crippen molar-refractivity contribution in [3.8, 4) is 11.4 Å². The molecular formula is C15H10FN3O6. The van der Waals surface area contributed by atoms with Crippen molar-refractivity contribution in [2.75, 3.05) is 12.8 Å². The van der Waals surface area contributed by atoms with E-state index in [4.69, 9.17) is 5.73 Å². The number of imide groups is 1. The first-order chi connectivity index (χ1) is 11.8. The van der Waals surface area contributed by atoms with Gasteiger partial charge in [0.15, 0.2) is 0 Å². The van der Waals surface area contributed by atoms with Crippen LogP contribution in [0.4, 0.5) is 10.2 Å². The minimum Gasteiger partial charge on any atom is -0.506 e. The zero-order chi connectivity index (χ0) is 18.5. The topological polar surface area (TPSA) is 141 Å². The predicted molar refractivity (Wildman–Crippen MR) is 81.2 cm³/mol. The molecule has 0 saturated carbocycles. The summed E-state index contributed by atoms with van der Waals surface area (Å²) in [5.74, 6) is -4.86. The molecule has 0 spiro atoms. The largest absolute Gasteiger partial charge is 0.506 e. The molecule has 0 bridgehead atoms. The molecule has 0 unspecified atom stereocenters. The number of nitrogens with two attached hydrogens (primary N) is 1. The summed E-state index contributed by atoms with van der Waals surface area (Å²) in [4.78, 5) is 47.4. The summed E-state index contributed by atoms with van der Waals surface area (Å²) in [5.41, 5.74) is 3.59. The number of benzene rings is 1. The molecule has 1 aliphatic heterocycles. The van der Waals surface area contributed by atoms with E-state index in [1.165, 1.54) is 0 Å². The van der Waals surface area contributed by atoms with Crippen molar-refractivity contribution in [3.05, 3.63) is 51.1 Å². The highest BCUT2D eigenvalue weighted by molar-refractivity contribution is 6.23. The Hall–Kier alpha value is -3.69. The van der Waals surface area contributed by atoms with Crippen LogP contribution in [0, 0.1) is 5.82 Å². The molecule has 0 fully saturated rings. The number of ether oxygens (including phenoxy) is 1. The third kappa shape index (κ3) is 2.31. The first-order valence-corrected chi connectivity index (χ1v) is 6.78. The van der Waals surface area contributed by atoms with Crippen LogP contribution >= 0.6 is 0 Å². The Morgan fingerprint density at radius 3 is 2.56 bits per heavy atom. The lowest BCUT2D eigenvalue weighted by Gasteiger charge is -2.14. The number of hydrogen-bond donors (Lipinski definition) is 3. The van der Waals surface area contributed by atoms with Crippen molar-refractivity contribution in [1.82, 2.24) is 9.88 Å². The molecule has 0 aliphatic carbocycles. The smallest absolute Gasteiger partial charge is 0.340 e. The van der Waals surface area contributed by atoms with E-state index in [1.807, 2.05) is 5.32 Å². The number of carbonyl (C=O) groups excluding carboxylic acids is 3. The van der Waals surface area contributed by atoms with Crippen LogP contribution in [0.2, 0.25) is 0 Å². The van der Waals surface area contributed by atoms with Gasteiger partial charge >= 0.3 is 5.97 Å². The van der Waals surface area contributed by atoms with Crippen molar-refractivity contribution in [1.29, 1.82) is 0 Å². The number of phenolic OH excluding ortho intramolecular Hbond substituents is 1. The molecule has 1 aliphatic rings. The van der Waals surface area contributed by atoms with E-state index < -0.39 is 46.3 Å². The second kappa shape index (κ2) is 5.44. The van der Waals surface area contributed by atoms with E-state index in [0.29, 0.717) is 10.6 Å². The lowest BCUT2D eigenvalue weighted by molar-refractivity contribution is 0.0595. The molecule has 2 aromatic rings. The fourth-order valence-corrected chi connectivity index (χ4v) is 2.52. The summed E-state index contributed by atoms with van der Waals surface area (Å²) in [7, 11) is 1.03. The van der Waals surface area contributed by atoms with Gasteiger partial charge in [0.05, 0.1) is 29.5 Å². The second-order valence-corrected chi connectivity index (χ2v) is 5.09. The second-order valence-electron chi connectivity index (χ2n) is 5.09. The molecule has 3 rings (SSSR count). The number of halogens is 1. The molecule has 0 saturated heterocycles. The van der Waals surface area contributed by atoms with Crippen LogP contribution in [-0.2, 0) is 4.74 Å². The fraction of sp³-hybridized carbons (Fsp3) is 0.0667. The minimum atomic E-state index is -1.08. The van der Waals surface area contributed by atoms with Crippen LogP contribution in [0.1, 0.15) is 31.1 Å². The number of aromatic nitrogens is 1. The number of nitrogens with one attached hydrogen (secondary N) is 1. The van der Waals surface area contributed by atoms with Crippen molar-refractivity contribution < 1.29 is 28.6 Å². The quantitative estimate of drug-likeness (QED) is 0.510. The van der Waals surface area contributed by atoms with Gasteiger partial charge in [-0.2, -0.15) is 0 Å². The third-order valence-electron chi connectivity index (χ3n) is 3.66. The average molecular weight is 347 g/mol. The van der Waals surface area contributed by atoms with Crippen molar-refractivity contribution in [3.63, 3.8) is 0 Å². The Morgan fingerprint density at radius 2 is 1.92 bits per heavy atom. The van der Waals surface area contributed by atoms with Gasteiger partial charge < -0.3 is 15.6 Å². The van der Waals surface area contributed by atoms with Crippen molar-refractivity contribution in [2.45, 2.75) is 0 Å². The highest BCUT2D eigenvalue weighted by Crippen LogP contribution is 2.29. The molecule has 10 heteroatoms. The lowest BCUT2D eigenvalue weighted by Crippen LogP contribution is -2.24. The number of esters is 1. The molecule has 128 valence electrons. The Morgan fingerprint density at radius 1 is 1.24 bits per heavy atom. The maximum atomic E-state index is 13.8. The molecule has 0 atom stereocenters. The highest BCUT2D eigenvalue weighted by Gasteiger charge is 2.32. The maximum absolute atomic E-state index is 13.8. The van der Waals surface area contributed by atoms with Gasteiger partial charge in [0, 0.05) is 12.1 Å². The van der Waals surface area contributed by atoms with Crippen LogP contribution in [0.5, 0.6) is 5.75 Å². The predicted octanol–water partition coefficient (Wildman–Crippen LogP) is -0.0654. The number of fused-ring (bicyclic) bond motifs is 1. The van der Waals surface area contributed by atoms with E-state index in [-0.39, 0.29) is 16.8 Å². The molecule has 0 radical (unpaired) electrons. The van der Waals surface area contributed by atoms with Crippen LogP contribution in [-0.4, -0.2) is 34.6 Å². The molecule has 9 nitrogen and oxygen atoms in total. The SMILES string of the molecule is COC(=O)c1cc(-n2c(N)c3c(cc2=O)C(=O)NC3=O)c(O)cc1F. The number of methoxy groups -OCH3 is 1. The summed E-state index contributed by atoms with van der Waals surface area (Å²) < 4.78 is 18.9. The molecule has 2 amide bonds. The van der Waals surface area contributed by atoms with Gasteiger partial charge in [-0.25, -0.2) is 9.18 Å². The minimum absolute atomic E-state index is 0.210. The number of nitrogen functional groups attached to an aromatic ring is 1. The molecule has 25 heavy (non-hydrogen) atoms. The number of pyridine rings is 1. The van der Waals surface area contributed by atoms with Gasteiger partial charge in [-0.05, 0) is 6.07 Å². The number of nitrogens with zero attached hydrogens (tertiary/aromatic N) is 1. The van der Waals surface area contributed by atoms with Crippen LogP contribution in [0.15, 0.2) is 23.0 Å². The molecule has 4 N–H and O–H groups in total. The number of rotatable bonds is 2. The summed E-state index contributed by atoms with van der Waals surface area (Å²) in [6.45, 7) is 0. The zero-order valence-electron chi connectivity index (χ0n) is 12.6. The highest BCUT2D eigenvalue weighted by atomic mass is 19.1. The zero-order valence-corrected chi connectivity index (χ0v) is 12.6. The molecule has 1 aromatic heterocycles. The first kappa shape index (κ1) is 16.2. The monoisotopic (exact) mass is 347 g/mol. The van der Waals surface area contributed by atoms with Crippen LogP contribution in [0.25, 0.3) is 5.69 Å². The van der Waals surface area contributed by atoms with Gasteiger partial charge in [-0.1, -0.05) is 0 Å². The van der Waals surface area contributed by atoms with Crippen molar-refractivity contribution in [2.24, 2.45) is 0 Å². The number of anilines is 1. The van der Waals surface area contributed by atoms with E-state index in [2.05, 4.69) is 4.74 Å². The van der Waals surface area contributed by atoms with E-state index >= 15 is 0 Å². The molecule has 1 aromatic carbocycles. The van der Waals surface area contributed by atoms with Gasteiger partial charge in [0.25, 0.3) is 17.4 Å². The van der Waals surface area contributed by atoms with E-state index in [1.54, 1.807) is 0 Å². The Bertz CT molecular complexity index is 1030. The maximum Gasteiger partial charge on any atom is 0.340 e. The van der Waals surface area contributed by atoms with Gasteiger partial charge in [-0.15, -0.1) is 0 Å². The number of aromatic hydroxyl groups is 1. The number of carbonyl (C=O) groups is 3. The number of hydrogen-bond acceptors (Lipinski definition) is 7. The Labute approximate surface area is 138 Å². The van der Waals surface area contributed by atoms with Crippen molar-refractivity contribution >= 4 is 23.6 Å². The van der Waals surface area contributed by atoms with Gasteiger partial charge in [-0.3, -0.25) is 24.3 Å². The average Bonchev–Trinajstić information content (AvgIpc) is 2.82.